The molecule has 1 aliphatic rings. The number of nitrogens with zero attached hydrogens (tertiary/aromatic N) is 3. The first-order valence-corrected chi connectivity index (χ1v) is 12.8. The van der Waals surface area contributed by atoms with E-state index in [0.29, 0.717) is 27.0 Å². The molecule has 6 nitrogen and oxygen atoms in total. The van der Waals surface area contributed by atoms with Gasteiger partial charge in [-0.15, -0.1) is 0 Å². The van der Waals surface area contributed by atoms with Gasteiger partial charge in [-0.1, -0.05) is 0 Å². The number of nitrogens with one attached hydrogen (secondary N) is 1. The summed E-state index contributed by atoms with van der Waals surface area (Å²) in [5.74, 6) is -1.89. The number of rotatable bonds is 6. The Morgan fingerprint density at radius 3 is 2.39 bits per heavy atom. The van der Waals surface area contributed by atoms with Gasteiger partial charge in [-0.25, -0.2) is 21.9 Å². The molecule has 0 aliphatic heterocycles. The number of pyridine rings is 1. The van der Waals surface area contributed by atoms with Gasteiger partial charge in [0.1, 0.15) is 4.90 Å². The Morgan fingerprint density at radius 1 is 1.15 bits per heavy atom. The number of hydrogen-bond donors (Lipinski definition) is 1. The minimum absolute atomic E-state index is 0.0671. The van der Waals surface area contributed by atoms with Gasteiger partial charge in [0.05, 0.1) is 23.5 Å². The van der Waals surface area contributed by atoms with Gasteiger partial charge in [0.25, 0.3) is 0 Å². The smallest absolute Gasteiger partial charge is 0.242 e. The molecular weight excluding hydrogens is 514 g/mol. The van der Waals surface area contributed by atoms with Crippen LogP contribution in [-0.4, -0.2) is 23.2 Å². The number of sulfonamides is 1. The molecule has 1 N–H and O–H groups in total. The predicted molar refractivity (Wildman–Crippen MR) is 125 cm³/mol. The fourth-order valence-corrected chi connectivity index (χ4v) is 5.49. The molecule has 3 aromatic rings. The third kappa shape index (κ3) is 4.88. The molecule has 0 amide bonds. The maximum atomic E-state index is 14.3. The molecule has 0 saturated heterocycles. The van der Waals surface area contributed by atoms with Crippen LogP contribution >= 0.6 is 15.9 Å². The highest BCUT2D eigenvalue weighted by molar-refractivity contribution is 9.10. The number of hydrogen-bond acceptors (Lipinski definition) is 4. The predicted octanol–water partition coefficient (Wildman–Crippen LogP) is 5.48. The first-order valence-electron chi connectivity index (χ1n) is 10.6. The zero-order valence-corrected chi connectivity index (χ0v) is 21.1. The number of halogens is 3. The zero-order chi connectivity index (χ0) is 24.1. The second-order valence-corrected chi connectivity index (χ2v) is 11.9. The Balaban J connectivity index is 1.86. The van der Waals surface area contributed by atoms with Crippen LogP contribution in [0.2, 0.25) is 0 Å². The van der Waals surface area contributed by atoms with Crippen LogP contribution in [0.25, 0.3) is 11.3 Å². The highest BCUT2D eigenvalue weighted by atomic mass is 79.9. The average Bonchev–Trinajstić information content (AvgIpc) is 3.46. The number of aromatic nitrogens is 3. The number of benzene rings is 1. The van der Waals surface area contributed by atoms with Gasteiger partial charge in [-0.05, 0) is 86.6 Å². The summed E-state index contributed by atoms with van der Waals surface area (Å²) in [4.78, 5) is 4.17. The zero-order valence-electron chi connectivity index (χ0n) is 18.7. The molecule has 10 heteroatoms. The van der Waals surface area contributed by atoms with E-state index in [9.17, 15) is 17.2 Å². The van der Waals surface area contributed by atoms with Gasteiger partial charge < -0.3 is 0 Å². The summed E-state index contributed by atoms with van der Waals surface area (Å²) in [6.45, 7) is 7.60. The van der Waals surface area contributed by atoms with E-state index in [4.69, 9.17) is 0 Å². The van der Waals surface area contributed by atoms with Crippen molar-refractivity contribution in [3.63, 3.8) is 0 Å². The highest BCUT2D eigenvalue weighted by Crippen LogP contribution is 2.46. The molecule has 4 rings (SSSR count). The molecule has 1 aromatic carbocycles. The summed E-state index contributed by atoms with van der Waals surface area (Å²) in [5.41, 5.74) is 1.77. The van der Waals surface area contributed by atoms with Crippen molar-refractivity contribution in [1.82, 2.24) is 19.5 Å². The highest BCUT2D eigenvalue weighted by Gasteiger charge is 2.39. The fraction of sp³-hybridized carbons (Fsp3) is 0.391. The minimum Gasteiger partial charge on any atom is -0.260 e. The maximum absolute atomic E-state index is 14.3. The van der Waals surface area contributed by atoms with E-state index in [0.717, 1.165) is 25.0 Å². The van der Waals surface area contributed by atoms with Crippen LogP contribution in [0.5, 0.6) is 0 Å². The third-order valence-electron chi connectivity index (χ3n) is 5.60. The Labute approximate surface area is 200 Å². The lowest BCUT2D eigenvalue weighted by Gasteiger charge is -2.25. The molecule has 1 aliphatic carbocycles. The second-order valence-electron chi connectivity index (χ2n) is 9.35. The Morgan fingerprint density at radius 2 is 1.82 bits per heavy atom. The standard InChI is InChI=1S/C23H25BrF2N4O2S/c1-13-5-8-15(11-27-13)33(31,32)29-21(14-6-7-14)17-12-28-30(23(2,3)4)22(17)16-9-19(25)20(26)10-18(16)24/h5,8-12,14,21,29H,6-7H2,1-4H3/t21-/m1/s1. The molecule has 1 atom stereocenters. The largest absolute Gasteiger partial charge is 0.260 e. The first-order chi connectivity index (χ1) is 15.4. The van der Waals surface area contributed by atoms with Gasteiger partial charge in [-0.3, -0.25) is 9.67 Å². The molecular formula is C23H25BrF2N4O2S. The molecule has 2 heterocycles. The van der Waals surface area contributed by atoms with Crippen molar-refractivity contribution in [3.05, 3.63) is 64.0 Å². The topological polar surface area (TPSA) is 76.9 Å². The summed E-state index contributed by atoms with van der Waals surface area (Å²) in [6, 6.07) is 4.76. The third-order valence-corrected chi connectivity index (χ3v) is 7.69. The van der Waals surface area contributed by atoms with Crippen LogP contribution in [-0.2, 0) is 15.6 Å². The Kier molecular flexibility index (Phi) is 6.22. The molecule has 0 bridgehead atoms. The van der Waals surface area contributed by atoms with Crippen molar-refractivity contribution in [2.75, 3.05) is 0 Å². The quantitative estimate of drug-likeness (QED) is 0.421. The molecule has 33 heavy (non-hydrogen) atoms. The summed E-state index contributed by atoms with van der Waals surface area (Å²) in [6.07, 6.45) is 4.64. The summed E-state index contributed by atoms with van der Waals surface area (Å²) >= 11 is 3.35. The van der Waals surface area contributed by atoms with Crippen LogP contribution in [0.1, 0.15) is 50.9 Å². The van der Waals surface area contributed by atoms with Crippen LogP contribution in [0.15, 0.2) is 46.0 Å². The lowest BCUT2D eigenvalue weighted by Crippen LogP contribution is -2.31. The van der Waals surface area contributed by atoms with Crippen LogP contribution in [0.4, 0.5) is 8.78 Å². The van der Waals surface area contributed by atoms with E-state index >= 15 is 0 Å². The van der Waals surface area contributed by atoms with Crippen molar-refractivity contribution < 1.29 is 17.2 Å². The van der Waals surface area contributed by atoms with Crippen molar-refractivity contribution >= 4 is 26.0 Å². The maximum Gasteiger partial charge on any atom is 0.242 e. The van der Waals surface area contributed by atoms with Crippen molar-refractivity contribution in [2.24, 2.45) is 5.92 Å². The molecule has 0 unspecified atom stereocenters. The van der Waals surface area contributed by atoms with Crippen LogP contribution in [0, 0.1) is 24.5 Å². The van der Waals surface area contributed by atoms with E-state index in [1.807, 2.05) is 20.8 Å². The SMILES string of the molecule is Cc1ccc(S(=O)(=O)N[C@@H](c2cnn(C(C)(C)C)c2-c2cc(F)c(F)cc2Br)C2CC2)cn1. The van der Waals surface area contributed by atoms with Crippen molar-refractivity contribution in [2.45, 2.75) is 57.0 Å². The summed E-state index contributed by atoms with van der Waals surface area (Å²) in [5, 5.41) is 4.53. The van der Waals surface area contributed by atoms with Crippen LogP contribution < -0.4 is 4.72 Å². The molecule has 0 spiro atoms. The number of aryl methyl sites for hydroxylation is 1. The molecule has 0 radical (unpaired) electrons. The van der Waals surface area contributed by atoms with E-state index in [-0.39, 0.29) is 10.8 Å². The van der Waals surface area contributed by atoms with Crippen molar-refractivity contribution in [3.8, 4) is 11.3 Å². The van der Waals surface area contributed by atoms with E-state index < -0.39 is 33.2 Å². The van der Waals surface area contributed by atoms with E-state index in [2.05, 4.69) is 30.7 Å². The summed E-state index contributed by atoms with van der Waals surface area (Å²) < 4.78 is 59.4. The van der Waals surface area contributed by atoms with Gasteiger partial charge >= 0.3 is 0 Å². The van der Waals surface area contributed by atoms with E-state index in [1.54, 1.807) is 23.9 Å². The monoisotopic (exact) mass is 538 g/mol. The summed E-state index contributed by atoms with van der Waals surface area (Å²) in [7, 11) is -3.87. The Hall–Kier alpha value is -2.17. The lowest BCUT2D eigenvalue weighted by molar-refractivity contribution is 0.359. The van der Waals surface area contributed by atoms with Gasteiger partial charge in [-0.2, -0.15) is 5.10 Å². The first kappa shape index (κ1) is 24.0. The van der Waals surface area contributed by atoms with Gasteiger partial charge in [0.2, 0.25) is 10.0 Å². The minimum atomic E-state index is -3.87. The second kappa shape index (κ2) is 8.56. The molecule has 1 saturated carbocycles. The average molecular weight is 539 g/mol. The van der Waals surface area contributed by atoms with Crippen LogP contribution in [0.3, 0.4) is 0 Å². The Bertz CT molecular complexity index is 1300. The van der Waals surface area contributed by atoms with E-state index in [1.165, 1.54) is 12.3 Å². The van der Waals surface area contributed by atoms with Gasteiger partial charge in [0, 0.05) is 27.5 Å². The lowest BCUT2D eigenvalue weighted by atomic mass is 9.98. The fourth-order valence-electron chi connectivity index (χ4n) is 3.76. The van der Waals surface area contributed by atoms with Crippen molar-refractivity contribution in [1.29, 1.82) is 0 Å². The normalized spacial score (nSPS) is 15.6. The molecule has 176 valence electrons. The molecule has 1 fully saturated rings. The van der Waals surface area contributed by atoms with Gasteiger partial charge in [0.15, 0.2) is 11.6 Å². The molecule has 2 aromatic heterocycles.